The van der Waals surface area contributed by atoms with Crippen molar-refractivity contribution in [2.45, 2.75) is 84.5 Å². The molecule has 0 saturated carbocycles. The number of rotatable bonds is 11. The second-order valence-corrected chi connectivity index (χ2v) is 9.90. The Bertz CT molecular complexity index is 689. The number of aliphatic hydroxyl groups excluding tert-OH is 1. The number of allylic oxidation sites excluding steroid dienone is 3. The fraction of sp³-hybridized carbons (Fsp3) is 0.769. The van der Waals surface area contributed by atoms with Crippen molar-refractivity contribution < 1.29 is 19.4 Å². The molecule has 0 bridgehead atoms. The molecule has 0 fully saturated rings. The van der Waals surface area contributed by atoms with Crippen LogP contribution in [0.5, 0.6) is 0 Å². The number of carbonyl (C=O) groups excluding carboxylic acids is 2. The van der Waals surface area contributed by atoms with Crippen molar-refractivity contribution in [1.82, 2.24) is 10.6 Å². The third-order valence-corrected chi connectivity index (χ3v) is 7.39. The fourth-order valence-electron chi connectivity index (χ4n) is 5.15. The van der Waals surface area contributed by atoms with Crippen LogP contribution in [-0.4, -0.2) is 49.3 Å². The van der Waals surface area contributed by atoms with Gasteiger partial charge in [-0.2, -0.15) is 0 Å². The molecular formula is C26H44N2O4. The molecular weight excluding hydrogens is 404 g/mol. The minimum atomic E-state index is -0.661. The van der Waals surface area contributed by atoms with Crippen LogP contribution in [0.4, 0.5) is 0 Å². The van der Waals surface area contributed by atoms with E-state index in [1.807, 2.05) is 20.9 Å². The topological polar surface area (TPSA) is 87.7 Å². The smallest absolute Gasteiger partial charge is 0.308 e. The average Bonchev–Trinajstić information content (AvgIpc) is 2.76. The summed E-state index contributed by atoms with van der Waals surface area (Å²) in [5, 5.41) is 16.2. The molecule has 0 saturated heterocycles. The highest BCUT2D eigenvalue weighted by atomic mass is 16.5. The van der Waals surface area contributed by atoms with Gasteiger partial charge >= 0.3 is 5.97 Å². The zero-order chi connectivity index (χ0) is 23.8. The number of nitrogens with one attached hydrogen (secondary N) is 2. The second kappa shape index (κ2) is 12.5. The first-order valence-electron chi connectivity index (χ1n) is 12.4. The van der Waals surface area contributed by atoms with Crippen LogP contribution in [0.2, 0.25) is 0 Å². The summed E-state index contributed by atoms with van der Waals surface area (Å²) in [4.78, 5) is 24.2. The van der Waals surface area contributed by atoms with E-state index in [0.717, 1.165) is 25.7 Å². The van der Waals surface area contributed by atoms with Gasteiger partial charge in [-0.15, -0.1) is 0 Å². The molecule has 0 heterocycles. The van der Waals surface area contributed by atoms with Crippen molar-refractivity contribution in [3.63, 3.8) is 0 Å². The van der Waals surface area contributed by atoms with Gasteiger partial charge in [-0.25, -0.2) is 0 Å². The van der Waals surface area contributed by atoms with Crippen molar-refractivity contribution in [2.24, 2.45) is 29.6 Å². The minimum Gasteiger partial charge on any atom is -0.461 e. The standard InChI is InChI=1S/C26H44N2O4/c1-7-17(3)26(31)32-23-13-16(2)12-19-9-8-18(4)22(25(19)23)11-10-20(27-5)14-21(29)15-24(30)28-6/h8-9,12,16-18,20-23,25,27,29H,7,10-11,13-15H2,1-6H3,(H,28,30)/t16-,17-,18-,20?,21+,22-,23-,25-/m0/s1. The number of hydrogen-bond donors (Lipinski definition) is 3. The Morgan fingerprint density at radius 2 is 2.00 bits per heavy atom. The molecule has 1 amide bonds. The van der Waals surface area contributed by atoms with Crippen LogP contribution < -0.4 is 10.6 Å². The lowest BCUT2D eigenvalue weighted by Crippen LogP contribution is -2.42. The molecule has 0 aromatic heterocycles. The Kier molecular flexibility index (Phi) is 10.4. The van der Waals surface area contributed by atoms with Crippen molar-refractivity contribution in [3.05, 3.63) is 23.8 Å². The molecule has 182 valence electrons. The molecule has 6 nitrogen and oxygen atoms in total. The average molecular weight is 449 g/mol. The zero-order valence-electron chi connectivity index (χ0n) is 20.8. The minimum absolute atomic E-state index is 0.0786. The summed E-state index contributed by atoms with van der Waals surface area (Å²) >= 11 is 0. The van der Waals surface area contributed by atoms with Crippen molar-refractivity contribution in [2.75, 3.05) is 14.1 Å². The van der Waals surface area contributed by atoms with Crippen molar-refractivity contribution in [3.8, 4) is 0 Å². The van der Waals surface area contributed by atoms with E-state index < -0.39 is 6.10 Å². The molecule has 0 aromatic rings. The Morgan fingerprint density at radius 3 is 2.62 bits per heavy atom. The predicted octanol–water partition coefficient (Wildman–Crippen LogP) is 3.60. The van der Waals surface area contributed by atoms with Crippen molar-refractivity contribution in [1.29, 1.82) is 0 Å². The van der Waals surface area contributed by atoms with Gasteiger partial charge in [0.25, 0.3) is 0 Å². The van der Waals surface area contributed by atoms with Gasteiger partial charge in [0, 0.05) is 19.0 Å². The summed E-state index contributed by atoms with van der Waals surface area (Å²) in [6, 6.07) is 0.129. The van der Waals surface area contributed by atoms with E-state index in [2.05, 4.69) is 42.7 Å². The van der Waals surface area contributed by atoms with Gasteiger partial charge in [0.2, 0.25) is 5.91 Å². The Balaban J connectivity index is 2.10. The maximum Gasteiger partial charge on any atom is 0.308 e. The highest BCUT2D eigenvalue weighted by Gasteiger charge is 2.41. The summed E-state index contributed by atoms with van der Waals surface area (Å²) in [6.07, 6.45) is 10.3. The van der Waals surface area contributed by atoms with Gasteiger partial charge in [0.1, 0.15) is 6.10 Å². The molecule has 2 aliphatic rings. The molecule has 3 N–H and O–H groups in total. The molecule has 1 unspecified atom stereocenters. The number of amides is 1. The lowest BCUT2D eigenvalue weighted by molar-refractivity contribution is -0.158. The van der Waals surface area contributed by atoms with Gasteiger partial charge in [0.15, 0.2) is 0 Å². The number of aliphatic hydroxyl groups is 1. The molecule has 6 heteroatoms. The molecule has 0 radical (unpaired) electrons. The van der Waals surface area contributed by atoms with Crippen LogP contribution in [0, 0.1) is 29.6 Å². The van der Waals surface area contributed by atoms with Gasteiger partial charge < -0.3 is 20.5 Å². The summed E-state index contributed by atoms with van der Waals surface area (Å²) < 4.78 is 6.10. The van der Waals surface area contributed by atoms with Crippen molar-refractivity contribution >= 4 is 11.9 Å². The molecule has 32 heavy (non-hydrogen) atoms. The Labute approximate surface area is 194 Å². The highest BCUT2D eigenvalue weighted by Crippen LogP contribution is 2.45. The van der Waals surface area contributed by atoms with Gasteiger partial charge in [-0.1, -0.05) is 45.9 Å². The number of ether oxygens (including phenoxy) is 1. The number of carbonyl (C=O) groups is 2. The van der Waals surface area contributed by atoms with E-state index in [0.29, 0.717) is 24.2 Å². The van der Waals surface area contributed by atoms with Crippen LogP contribution >= 0.6 is 0 Å². The third-order valence-electron chi connectivity index (χ3n) is 7.39. The van der Waals surface area contributed by atoms with Crippen LogP contribution in [0.1, 0.15) is 66.2 Å². The SMILES string of the molecule is CC[C@H](C)C(=O)O[C@H]1C[C@@H](C)C=C2C=C[C@H](C)[C@H](CCC(C[C@@H](O)CC(=O)NC)NC)[C@H]21. The summed E-state index contributed by atoms with van der Waals surface area (Å²) in [5.74, 6) is 1.06. The lowest BCUT2D eigenvalue weighted by atomic mass is 9.65. The van der Waals surface area contributed by atoms with E-state index in [4.69, 9.17) is 4.74 Å². The van der Waals surface area contributed by atoms with Crippen LogP contribution in [0.15, 0.2) is 23.8 Å². The first-order valence-corrected chi connectivity index (χ1v) is 12.4. The van der Waals surface area contributed by atoms with Gasteiger partial charge in [0.05, 0.1) is 18.4 Å². The predicted molar refractivity (Wildman–Crippen MR) is 128 cm³/mol. The summed E-state index contributed by atoms with van der Waals surface area (Å²) in [7, 11) is 3.50. The number of fused-ring (bicyclic) bond motifs is 1. The lowest BCUT2D eigenvalue weighted by Gasteiger charge is -2.43. The van der Waals surface area contributed by atoms with E-state index in [-0.39, 0.29) is 42.3 Å². The van der Waals surface area contributed by atoms with E-state index in [9.17, 15) is 14.7 Å². The summed E-state index contributed by atoms with van der Waals surface area (Å²) in [6.45, 7) is 8.40. The quantitative estimate of drug-likeness (QED) is 0.420. The Hall–Kier alpha value is -1.66. The van der Waals surface area contributed by atoms with E-state index >= 15 is 0 Å². The molecule has 2 rings (SSSR count). The first-order chi connectivity index (χ1) is 15.2. The molecule has 0 spiro atoms. The third kappa shape index (κ3) is 7.17. The van der Waals surface area contributed by atoms with E-state index in [1.54, 1.807) is 7.05 Å². The highest BCUT2D eigenvalue weighted by molar-refractivity contribution is 5.76. The zero-order valence-corrected chi connectivity index (χ0v) is 20.8. The molecule has 2 aliphatic carbocycles. The number of esters is 1. The van der Waals surface area contributed by atoms with Gasteiger partial charge in [-0.05, 0) is 62.5 Å². The van der Waals surface area contributed by atoms with Gasteiger partial charge in [-0.3, -0.25) is 9.59 Å². The fourth-order valence-corrected chi connectivity index (χ4v) is 5.15. The maximum absolute atomic E-state index is 12.6. The van der Waals surface area contributed by atoms with Crippen LogP contribution in [0.25, 0.3) is 0 Å². The molecule has 0 aliphatic heterocycles. The van der Waals surface area contributed by atoms with Crippen LogP contribution in [0.3, 0.4) is 0 Å². The van der Waals surface area contributed by atoms with Crippen LogP contribution in [-0.2, 0) is 14.3 Å². The maximum atomic E-state index is 12.6. The molecule has 8 atom stereocenters. The Morgan fingerprint density at radius 1 is 1.28 bits per heavy atom. The normalized spacial score (nSPS) is 30.0. The largest absolute Gasteiger partial charge is 0.461 e. The second-order valence-electron chi connectivity index (χ2n) is 9.90. The molecule has 0 aromatic carbocycles. The van der Waals surface area contributed by atoms with E-state index in [1.165, 1.54) is 5.57 Å². The monoisotopic (exact) mass is 448 g/mol. The number of hydrogen-bond acceptors (Lipinski definition) is 5. The summed E-state index contributed by atoms with van der Waals surface area (Å²) in [5.41, 5.74) is 1.30. The first kappa shape index (κ1) is 26.6.